The van der Waals surface area contributed by atoms with Crippen molar-refractivity contribution >= 4 is 44.9 Å². The summed E-state index contributed by atoms with van der Waals surface area (Å²) < 4.78 is 0. The number of anilines is 6. The Morgan fingerprint density at radius 1 is 0.359 bits per heavy atom. The third-order valence-electron chi connectivity index (χ3n) is 14.4. The Bertz CT molecular complexity index is 3440. The van der Waals surface area contributed by atoms with Crippen LogP contribution in [-0.4, -0.2) is 0 Å². The molecule has 3 aliphatic rings. The molecule has 10 aromatic rings. The first-order valence-electron chi connectivity index (χ1n) is 22.4. The second-order valence-electron chi connectivity index (χ2n) is 18.0. The molecule has 1 spiro atoms. The highest BCUT2D eigenvalue weighted by molar-refractivity contribution is 6.02. The van der Waals surface area contributed by atoms with Crippen LogP contribution in [0, 0.1) is 0 Å². The van der Waals surface area contributed by atoms with Crippen molar-refractivity contribution in [2.45, 2.75) is 24.7 Å². The van der Waals surface area contributed by atoms with Crippen LogP contribution in [0.15, 0.2) is 231 Å². The van der Waals surface area contributed by atoms with Gasteiger partial charge in [0.05, 0.1) is 22.5 Å². The van der Waals surface area contributed by atoms with E-state index in [1.807, 2.05) is 0 Å². The number of para-hydroxylation sites is 3. The van der Waals surface area contributed by atoms with Gasteiger partial charge in [-0.25, -0.2) is 0 Å². The van der Waals surface area contributed by atoms with E-state index in [0.717, 1.165) is 22.7 Å². The molecule has 0 atom stereocenters. The van der Waals surface area contributed by atoms with Crippen molar-refractivity contribution in [2.75, 3.05) is 9.80 Å². The van der Waals surface area contributed by atoms with Gasteiger partial charge < -0.3 is 9.80 Å². The molecular weight excluding hydrogens is 773 g/mol. The Balaban J connectivity index is 1.06. The number of rotatable bonds is 5. The summed E-state index contributed by atoms with van der Waals surface area (Å²) in [7, 11) is 0. The molecule has 0 N–H and O–H groups in total. The van der Waals surface area contributed by atoms with E-state index in [4.69, 9.17) is 0 Å². The van der Waals surface area contributed by atoms with Gasteiger partial charge in [-0.15, -0.1) is 0 Å². The monoisotopic (exact) mass is 816 g/mol. The minimum atomic E-state index is -0.562. The minimum absolute atomic E-state index is 0.150. The molecule has 0 radical (unpaired) electrons. The van der Waals surface area contributed by atoms with Gasteiger partial charge >= 0.3 is 0 Å². The zero-order valence-electron chi connectivity index (χ0n) is 35.8. The van der Waals surface area contributed by atoms with Gasteiger partial charge in [0.15, 0.2) is 0 Å². The lowest BCUT2D eigenvalue weighted by atomic mass is 9.64. The van der Waals surface area contributed by atoms with Crippen LogP contribution in [0.5, 0.6) is 0 Å². The highest BCUT2D eigenvalue weighted by Crippen LogP contribution is 2.65. The predicted molar refractivity (Wildman–Crippen MR) is 267 cm³/mol. The first-order valence-corrected chi connectivity index (χ1v) is 22.4. The standard InChI is InChI=1S/C62H44N2/c1-61(2)51-23-10-8-21-48(51)49-38-37-47(40-56(49)61)63(46-35-33-42(34-36-46)44-32-31-41-17-6-7-18-43(41)39-44)59-30-16-27-55-60(59)50-22-9-11-24-52(50)62(55)53-25-12-14-28-57(53)64(45-19-4-3-5-20-45)58-29-15-13-26-54(58)62/h3-40H,1-2H3. The molecule has 2 nitrogen and oxygen atoms in total. The van der Waals surface area contributed by atoms with Crippen molar-refractivity contribution in [3.05, 3.63) is 264 Å². The lowest BCUT2D eigenvalue weighted by Crippen LogP contribution is -2.36. The third kappa shape index (κ3) is 5.08. The lowest BCUT2D eigenvalue weighted by Gasteiger charge is -2.45. The highest BCUT2D eigenvalue weighted by Gasteiger charge is 2.52. The molecule has 302 valence electrons. The van der Waals surface area contributed by atoms with Crippen molar-refractivity contribution in [3.63, 3.8) is 0 Å². The van der Waals surface area contributed by atoms with Crippen molar-refractivity contribution in [3.8, 4) is 33.4 Å². The fraction of sp³-hybridized carbons (Fsp3) is 0.0645. The van der Waals surface area contributed by atoms with Gasteiger partial charge in [0, 0.05) is 28.0 Å². The van der Waals surface area contributed by atoms with Gasteiger partial charge in [0.2, 0.25) is 0 Å². The normalized spacial score (nSPS) is 14.3. The Kier molecular flexibility index (Phi) is 7.90. The Morgan fingerprint density at radius 2 is 0.922 bits per heavy atom. The molecule has 0 bridgehead atoms. The molecule has 13 rings (SSSR count). The first kappa shape index (κ1) is 36.7. The van der Waals surface area contributed by atoms with E-state index in [1.165, 1.54) is 88.9 Å². The van der Waals surface area contributed by atoms with Gasteiger partial charge in [-0.2, -0.15) is 0 Å². The number of nitrogens with zero attached hydrogens (tertiary/aromatic N) is 2. The second kappa shape index (κ2) is 13.8. The number of hydrogen-bond donors (Lipinski definition) is 0. The fourth-order valence-corrected chi connectivity index (χ4v) is 11.6. The molecule has 10 aromatic carbocycles. The zero-order valence-corrected chi connectivity index (χ0v) is 35.8. The average molecular weight is 817 g/mol. The van der Waals surface area contributed by atoms with Crippen LogP contribution in [0.1, 0.15) is 47.2 Å². The molecule has 0 fully saturated rings. The molecule has 0 saturated heterocycles. The molecule has 0 amide bonds. The molecule has 0 unspecified atom stereocenters. The Labute approximate surface area is 375 Å². The van der Waals surface area contributed by atoms with E-state index in [2.05, 4.69) is 254 Å². The largest absolute Gasteiger partial charge is 0.310 e. The zero-order chi connectivity index (χ0) is 42.6. The van der Waals surface area contributed by atoms with Crippen LogP contribution >= 0.6 is 0 Å². The molecular formula is C62H44N2. The van der Waals surface area contributed by atoms with E-state index >= 15 is 0 Å². The van der Waals surface area contributed by atoms with E-state index in [1.54, 1.807) is 0 Å². The smallest absolute Gasteiger partial charge is 0.0755 e. The summed E-state index contributed by atoms with van der Waals surface area (Å²) in [6, 6.07) is 85.9. The van der Waals surface area contributed by atoms with E-state index < -0.39 is 5.41 Å². The summed E-state index contributed by atoms with van der Waals surface area (Å²) >= 11 is 0. The van der Waals surface area contributed by atoms with Crippen molar-refractivity contribution in [2.24, 2.45) is 0 Å². The summed E-state index contributed by atoms with van der Waals surface area (Å²) in [6.45, 7) is 4.75. The van der Waals surface area contributed by atoms with Crippen LogP contribution in [-0.2, 0) is 10.8 Å². The molecule has 0 saturated carbocycles. The maximum atomic E-state index is 2.52. The van der Waals surface area contributed by atoms with Crippen LogP contribution in [0.3, 0.4) is 0 Å². The maximum absolute atomic E-state index is 2.52. The van der Waals surface area contributed by atoms with E-state index in [-0.39, 0.29) is 5.41 Å². The summed E-state index contributed by atoms with van der Waals surface area (Å²) in [5.41, 5.74) is 21.7. The summed E-state index contributed by atoms with van der Waals surface area (Å²) in [5, 5.41) is 2.50. The quantitative estimate of drug-likeness (QED) is 0.171. The van der Waals surface area contributed by atoms with Gasteiger partial charge in [0.1, 0.15) is 0 Å². The number of hydrogen-bond acceptors (Lipinski definition) is 2. The van der Waals surface area contributed by atoms with Crippen LogP contribution in [0.2, 0.25) is 0 Å². The first-order chi connectivity index (χ1) is 31.5. The van der Waals surface area contributed by atoms with Crippen molar-refractivity contribution in [1.82, 2.24) is 0 Å². The third-order valence-corrected chi connectivity index (χ3v) is 14.4. The van der Waals surface area contributed by atoms with Crippen LogP contribution in [0.4, 0.5) is 34.1 Å². The summed E-state index contributed by atoms with van der Waals surface area (Å²) in [4.78, 5) is 4.98. The fourth-order valence-electron chi connectivity index (χ4n) is 11.6. The van der Waals surface area contributed by atoms with Gasteiger partial charge in [-0.3, -0.25) is 0 Å². The SMILES string of the molecule is CC1(C)c2ccccc2-c2ccc(N(c3ccc(-c4ccc5ccccc5c4)cc3)c3cccc4c3-c3ccccc3C43c4ccccc4N(c4ccccc4)c4ccccc43)cc21. The van der Waals surface area contributed by atoms with Gasteiger partial charge in [-0.1, -0.05) is 184 Å². The number of fused-ring (bicyclic) bond motifs is 13. The lowest BCUT2D eigenvalue weighted by molar-refractivity contribution is 0.660. The molecule has 0 aromatic heterocycles. The average Bonchev–Trinajstić information content (AvgIpc) is 3.78. The predicted octanol–water partition coefficient (Wildman–Crippen LogP) is 16.4. The molecule has 2 aliphatic carbocycles. The van der Waals surface area contributed by atoms with Gasteiger partial charge in [0.25, 0.3) is 0 Å². The molecule has 1 aliphatic heterocycles. The Hall–Kier alpha value is -7.94. The summed E-state index contributed by atoms with van der Waals surface area (Å²) in [6.07, 6.45) is 0. The number of benzene rings is 10. The molecule has 1 heterocycles. The van der Waals surface area contributed by atoms with E-state index in [9.17, 15) is 0 Å². The second-order valence-corrected chi connectivity index (χ2v) is 18.0. The van der Waals surface area contributed by atoms with Crippen LogP contribution in [0.25, 0.3) is 44.2 Å². The highest BCUT2D eigenvalue weighted by atomic mass is 15.2. The molecule has 64 heavy (non-hydrogen) atoms. The minimum Gasteiger partial charge on any atom is -0.310 e. The van der Waals surface area contributed by atoms with Crippen molar-refractivity contribution in [1.29, 1.82) is 0 Å². The topological polar surface area (TPSA) is 6.48 Å². The van der Waals surface area contributed by atoms with Crippen molar-refractivity contribution < 1.29 is 0 Å². The van der Waals surface area contributed by atoms with Crippen LogP contribution < -0.4 is 9.80 Å². The van der Waals surface area contributed by atoms with E-state index in [0.29, 0.717) is 0 Å². The Morgan fingerprint density at radius 3 is 1.67 bits per heavy atom. The maximum Gasteiger partial charge on any atom is 0.0755 e. The molecule has 2 heteroatoms. The summed E-state index contributed by atoms with van der Waals surface area (Å²) in [5.74, 6) is 0. The van der Waals surface area contributed by atoms with Gasteiger partial charge in [-0.05, 0) is 133 Å².